The Morgan fingerprint density at radius 1 is 0.644 bits per heavy atom. The molecule has 0 saturated heterocycles. The van der Waals surface area contributed by atoms with E-state index in [2.05, 4.69) is 29.7 Å². The van der Waals surface area contributed by atoms with Crippen LogP contribution in [0.3, 0.4) is 0 Å². The third-order valence-corrected chi connectivity index (χ3v) is 8.48. The van der Waals surface area contributed by atoms with Gasteiger partial charge >= 0.3 is 0 Å². The molecule has 5 nitrogen and oxygen atoms in total. The summed E-state index contributed by atoms with van der Waals surface area (Å²) in [6, 6.07) is 39.3. The number of nitrogens with one attached hydrogen (secondary N) is 2. The highest BCUT2D eigenvalue weighted by molar-refractivity contribution is 5.81. The molecule has 45 heavy (non-hydrogen) atoms. The minimum atomic E-state index is -0.965. The second-order valence-corrected chi connectivity index (χ2v) is 11.9. The van der Waals surface area contributed by atoms with Gasteiger partial charge in [-0.05, 0) is 47.9 Å². The van der Waals surface area contributed by atoms with E-state index in [1.165, 1.54) is 5.56 Å². The van der Waals surface area contributed by atoms with E-state index in [1.54, 1.807) is 0 Å². The molecule has 3 N–H and O–H groups in total. The molecular weight excluding hydrogens is 556 g/mol. The van der Waals surface area contributed by atoms with Crippen LogP contribution in [0.2, 0.25) is 0 Å². The Kier molecular flexibility index (Phi) is 13.4. The summed E-state index contributed by atoms with van der Waals surface area (Å²) in [4.78, 5) is 27.2. The average molecular weight is 605 g/mol. The lowest BCUT2D eigenvalue weighted by Gasteiger charge is -2.37. The molecule has 236 valence electrons. The molecule has 0 radical (unpaired) electrons. The van der Waals surface area contributed by atoms with E-state index in [4.69, 9.17) is 0 Å². The molecule has 0 aliphatic heterocycles. The van der Waals surface area contributed by atoms with Gasteiger partial charge in [-0.15, -0.1) is 0 Å². The van der Waals surface area contributed by atoms with Gasteiger partial charge in [0.05, 0.1) is 12.1 Å². The third-order valence-electron chi connectivity index (χ3n) is 8.48. The van der Waals surface area contributed by atoms with Crippen molar-refractivity contribution in [3.05, 3.63) is 144 Å². The number of hydrogen-bond acceptors (Lipinski definition) is 3. The number of aliphatic hydroxyl groups excluding tert-OH is 1. The summed E-state index contributed by atoms with van der Waals surface area (Å²) in [7, 11) is 0. The average Bonchev–Trinajstić information content (AvgIpc) is 3.08. The van der Waals surface area contributed by atoms with Gasteiger partial charge in [-0.2, -0.15) is 0 Å². The molecule has 0 heterocycles. The van der Waals surface area contributed by atoms with Crippen LogP contribution in [0.5, 0.6) is 0 Å². The number of hydrogen-bond donors (Lipinski definition) is 3. The van der Waals surface area contributed by atoms with Crippen LogP contribution in [-0.4, -0.2) is 29.1 Å². The molecule has 4 aromatic carbocycles. The molecule has 2 amide bonds. The quantitative estimate of drug-likeness (QED) is 0.0804. The fraction of sp³-hybridized carbons (Fsp3) is 0.350. The number of aryl methyl sites for hydroxylation is 1. The second kappa shape index (κ2) is 17.9. The lowest BCUT2D eigenvalue weighted by atomic mass is 9.76. The Labute approximate surface area is 269 Å². The smallest absolute Gasteiger partial charge is 0.223 e. The van der Waals surface area contributed by atoms with Crippen LogP contribution < -0.4 is 10.6 Å². The Hall–Kier alpha value is -4.22. The van der Waals surface area contributed by atoms with Gasteiger partial charge in [-0.25, -0.2) is 0 Å². The molecule has 0 saturated carbocycles. The van der Waals surface area contributed by atoms with Crippen molar-refractivity contribution in [2.75, 3.05) is 0 Å². The summed E-state index contributed by atoms with van der Waals surface area (Å²) >= 11 is 0. The van der Waals surface area contributed by atoms with E-state index < -0.39 is 17.7 Å². The molecule has 0 aliphatic carbocycles. The summed E-state index contributed by atoms with van der Waals surface area (Å²) < 4.78 is 0. The Morgan fingerprint density at radius 3 is 1.64 bits per heavy atom. The van der Waals surface area contributed by atoms with Crippen molar-refractivity contribution >= 4 is 11.8 Å². The summed E-state index contributed by atoms with van der Waals surface area (Å²) in [5, 5.41) is 17.8. The predicted octanol–water partition coefficient (Wildman–Crippen LogP) is 7.71. The Morgan fingerprint density at radius 2 is 1.13 bits per heavy atom. The maximum Gasteiger partial charge on any atom is 0.223 e. The monoisotopic (exact) mass is 604 g/mol. The highest BCUT2D eigenvalue weighted by Crippen LogP contribution is 2.37. The first-order valence-corrected chi connectivity index (χ1v) is 16.5. The molecular formula is C40H48N2O3. The predicted molar refractivity (Wildman–Crippen MR) is 183 cm³/mol. The second-order valence-electron chi connectivity index (χ2n) is 11.9. The molecule has 5 heteroatoms. The maximum atomic E-state index is 14.1. The number of amides is 2. The van der Waals surface area contributed by atoms with Crippen LogP contribution in [0.25, 0.3) is 0 Å². The van der Waals surface area contributed by atoms with E-state index in [-0.39, 0.29) is 18.2 Å². The minimum absolute atomic E-state index is 0.0394. The number of rotatable bonds is 18. The van der Waals surface area contributed by atoms with Gasteiger partial charge in [-0.3, -0.25) is 9.59 Å². The highest BCUT2D eigenvalue weighted by atomic mass is 16.3. The van der Waals surface area contributed by atoms with E-state index in [9.17, 15) is 14.7 Å². The minimum Gasteiger partial charge on any atom is -0.391 e. The van der Waals surface area contributed by atoms with Gasteiger partial charge in [0, 0.05) is 12.8 Å². The fourth-order valence-electron chi connectivity index (χ4n) is 6.05. The summed E-state index contributed by atoms with van der Waals surface area (Å²) in [5.74, 6) is -0.367. The third kappa shape index (κ3) is 9.89. The van der Waals surface area contributed by atoms with Gasteiger partial charge in [0.2, 0.25) is 11.8 Å². The fourth-order valence-corrected chi connectivity index (χ4v) is 6.05. The molecule has 0 aliphatic rings. The Bertz CT molecular complexity index is 1310. The van der Waals surface area contributed by atoms with Crippen molar-refractivity contribution in [3.8, 4) is 0 Å². The molecule has 4 rings (SSSR count). The normalized spacial score (nSPS) is 12.7. The highest BCUT2D eigenvalue weighted by Gasteiger charge is 2.38. The summed E-state index contributed by atoms with van der Waals surface area (Å²) in [5.41, 5.74) is 3.01. The number of aliphatic hydroxyl groups is 1. The van der Waals surface area contributed by atoms with Crippen molar-refractivity contribution in [2.45, 2.75) is 88.8 Å². The number of unbranched alkanes of at least 4 members (excludes halogenated alkanes) is 4. The number of carbonyl (C=O) groups is 2. The first kappa shape index (κ1) is 33.7. The molecule has 0 aromatic heterocycles. The van der Waals surface area contributed by atoms with Crippen LogP contribution in [-0.2, 0) is 21.5 Å². The largest absolute Gasteiger partial charge is 0.391 e. The first-order valence-electron chi connectivity index (χ1n) is 16.5. The van der Waals surface area contributed by atoms with Crippen molar-refractivity contribution in [3.63, 3.8) is 0 Å². The SMILES string of the molecule is CCCCCCCC(=O)N[C@H](CC(=O)NC(c1ccccc1)(c1ccccc1)c1ccccc1)[C@@H](O)CCCc1ccccc1. The van der Waals surface area contributed by atoms with E-state index in [0.29, 0.717) is 12.8 Å². The number of benzene rings is 4. The summed E-state index contributed by atoms with van der Waals surface area (Å²) in [6.07, 6.45) is 6.76. The van der Waals surface area contributed by atoms with E-state index >= 15 is 0 Å². The van der Waals surface area contributed by atoms with Gasteiger partial charge < -0.3 is 15.7 Å². The zero-order chi connectivity index (χ0) is 31.7. The topological polar surface area (TPSA) is 78.4 Å². The van der Waals surface area contributed by atoms with Crippen molar-refractivity contribution < 1.29 is 14.7 Å². The van der Waals surface area contributed by atoms with Crippen LogP contribution in [0.15, 0.2) is 121 Å². The molecule has 4 aromatic rings. The molecule has 0 fully saturated rings. The zero-order valence-corrected chi connectivity index (χ0v) is 26.5. The van der Waals surface area contributed by atoms with Crippen LogP contribution in [0, 0.1) is 0 Å². The standard InChI is InChI=1S/C40H48N2O3/c1-2-3-4-5-18-30-38(44)41-36(37(43)29-19-22-32-20-10-6-11-21-32)31-39(45)42-40(33-23-12-7-13-24-33,34-25-14-8-15-26-34)35-27-16-9-17-28-35/h6-17,20-21,23-28,36-37,43H,2-5,18-19,22,29-31H2,1H3,(H,41,44)(H,42,45)/t36-,37+/m1/s1. The molecule has 0 bridgehead atoms. The molecule has 0 unspecified atom stereocenters. The van der Waals surface area contributed by atoms with Crippen LogP contribution >= 0.6 is 0 Å². The van der Waals surface area contributed by atoms with Gasteiger partial charge in [-0.1, -0.05) is 154 Å². The molecule has 0 spiro atoms. The maximum absolute atomic E-state index is 14.1. The van der Waals surface area contributed by atoms with Gasteiger partial charge in [0.15, 0.2) is 0 Å². The lowest BCUT2D eigenvalue weighted by Crippen LogP contribution is -2.51. The van der Waals surface area contributed by atoms with Crippen molar-refractivity contribution in [1.29, 1.82) is 0 Å². The molecule has 2 atom stereocenters. The van der Waals surface area contributed by atoms with Gasteiger partial charge in [0.25, 0.3) is 0 Å². The van der Waals surface area contributed by atoms with Crippen LogP contribution in [0.4, 0.5) is 0 Å². The van der Waals surface area contributed by atoms with Gasteiger partial charge in [0.1, 0.15) is 5.54 Å². The lowest BCUT2D eigenvalue weighted by molar-refractivity contribution is -0.125. The van der Waals surface area contributed by atoms with Crippen molar-refractivity contribution in [2.24, 2.45) is 0 Å². The van der Waals surface area contributed by atoms with E-state index in [1.807, 2.05) is 109 Å². The van der Waals surface area contributed by atoms with Crippen LogP contribution in [0.1, 0.15) is 87.0 Å². The van der Waals surface area contributed by atoms with E-state index in [0.717, 1.165) is 61.6 Å². The number of carbonyl (C=O) groups excluding carboxylic acids is 2. The Balaban J connectivity index is 1.57. The zero-order valence-electron chi connectivity index (χ0n) is 26.5. The summed E-state index contributed by atoms with van der Waals surface area (Å²) in [6.45, 7) is 2.17. The van der Waals surface area contributed by atoms with Crippen molar-refractivity contribution in [1.82, 2.24) is 10.6 Å². The first-order chi connectivity index (χ1) is 22.0.